The number of benzene rings is 2. The van der Waals surface area contributed by atoms with Crippen LogP contribution in [-0.2, 0) is 10.0 Å². The lowest BCUT2D eigenvalue weighted by molar-refractivity contribution is 0.594. The first-order chi connectivity index (χ1) is 9.84. The van der Waals surface area contributed by atoms with Crippen LogP contribution in [0, 0.1) is 0 Å². The van der Waals surface area contributed by atoms with Crippen LogP contribution in [0.3, 0.4) is 0 Å². The predicted molar refractivity (Wildman–Crippen MR) is 87.2 cm³/mol. The zero-order valence-corrected chi connectivity index (χ0v) is 13.1. The van der Waals surface area contributed by atoms with Gasteiger partial charge in [-0.3, -0.25) is 4.31 Å². The highest BCUT2D eigenvalue weighted by Gasteiger charge is 2.25. The third-order valence-electron chi connectivity index (χ3n) is 3.22. The summed E-state index contributed by atoms with van der Waals surface area (Å²) in [6.07, 6.45) is 0. The number of rotatable bonds is 4. The van der Waals surface area contributed by atoms with Gasteiger partial charge >= 0.3 is 0 Å². The molecule has 2 aromatic carbocycles. The van der Waals surface area contributed by atoms with Crippen molar-refractivity contribution in [2.75, 3.05) is 36.1 Å². The third kappa shape index (κ3) is 2.95. The molecule has 2 N–H and O–H groups in total. The fourth-order valence-corrected chi connectivity index (χ4v) is 3.53. The average Bonchev–Trinajstić information content (AvgIpc) is 2.47. The van der Waals surface area contributed by atoms with Crippen molar-refractivity contribution < 1.29 is 8.42 Å². The van der Waals surface area contributed by atoms with E-state index in [4.69, 9.17) is 5.73 Å². The van der Waals surface area contributed by atoms with E-state index in [1.807, 2.05) is 6.07 Å². The molecule has 0 saturated heterocycles. The van der Waals surface area contributed by atoms with Crippen LogP contribution in [0.5, 0.6) is 0 Å². The maximum absolute atomic E-state index is 12.9. The number of nitrogens with zero attached hydrogens (tertiary/aromatic N) is 2. The second kappa shape index (κ2) is 5.65. The molecule has 0 aromatic heterocycles. The summed E-state index contributed by atoms with van der Waals surface area (Å²) in [6.45, 7) is 0. The number of hydrogen-bond acceptors (Lipinski definition) is 4. The SMILES string of the molecule is CN(C)c1ccc(N)cc1S(=O)(=O)N(C)c1ccccc1. The van der Waals surface area contributed by atoms with Crippen molar-refractivity contribution in [3.8, 4) is 0 Å². The summed E-state index contributed by atoms with van der Waals surface area (Å²) >= 11 is 0. The van der Waals surface area contributed by atoms with Crippen LogP contribution in [0.15, 0.2) is 53.4 Å². The fourth-order valence-electron chi connectivity index (χ4n) is 2.03. The first kappa shape index (κ1) is 15.2. The molecule has 6 heteroatoms. The Morgan fingerprint density at radius 2 is 1.57 bits per heavy atom. The monoisotopic (exact) mass is 305 g/mol. The summed E-state index contributed by atoms with van der Waals surface area (Å²) < 4.78 is 27.0. The molecule has 0 spiro atoms. The van der Waals surface area contributed by atoms with Crippen LogP contribution in [-0.4, -0.2) is 29.6 Å². The molecule has 0 aliphatic rings. The molecule has 2 aromatic rings. The van der Waals surface area contributed by atoms with E-state index in [0.29, 0.717) is 17.1 Å². The van der Waals surface area contributed by atoms with Gasteiger partial charge in [-0.25, -0.2) is 8.42 Å². The van der Waals surface area contributed by atoms with Crippen LogP contribution in [0.2, 0.25) is 0 Å². The molecule has 2 rings (SSSR count). The Bertz CT molecular complexity index is 728. The number of nitrogens with two attached hydrogens (primary N) is 1. The number of nitrogen functional groups attached to an aromatic ring is 1. The Morgan fingerprint density at radius 1 is 0.952 bits per heavy atom. The lowest BCUT2D eigenvalue weighted by Gasteiger charge is -2.24. The first-order valence-electron chi connectivity index (χ1n) is 6.45. The predicted octanol–water partition coefficient (Wildman–Crippen LogP) is 2.16. The van der Waals surface area contributed by atoms with Crippen LogP contribution in [0.25, 0.3) is 0 Å². The van der Waals surface area contributed by atoms with Crippen LogP contribution in [0.1, 0.15) is 0 Å². The topological polar surface area (TPSA) is 66.6 Å². The molecule has 112 valence electrons. The minimum absolute atomic E-state index is 0.193. The molecular weight excluding hydrogens is 286 g/mol. The van der Waals surface area contributed by atoms with Crippen LogP contribution >= 0.6 is 0 Å². The Balaban J connectivity index is 2.57. The molecule has 0 amide bonds. The summed E-state index contributed by atoms with van der Waals surface area (Å²) in [4.78, 5) is 1.95. The Morgan fingerprint density at radius 3 is 2.14 bits per heavy atom. The first-order valence-corrected chi connectivity index (χ1v) is 7.89. The molecule has 21 heavy (non-hydrogen) atoms. The minimum Gasteiger partial charge on any atom is -0.399 e. The van der Waals surface area contributed by atoms with Gasteiger partial charge < -0.3 is 10.6 Å². The zero-order valence-electron chi connectivity index (χ0n) is 12.3. The second-order valence-electron chi connectivity index (χ2n) is 4.93. The van der Waals surface area contributed by atoms with E-state index in [0.717, 1.165) is 0 Å². The molecule has 0 radical (unpaired) electrons. The van der Waals surface area contributed by atoms with E-state index in [9.17, 15) is 8.42 Å². The molecule has 0 fully saturated rings. The molecule has 0 unspecified atom stereocenters. The van der Waals surface area contributed by atoms with Crippen molar-refractivity contribution in [3.63, 3.8) is 0 Å². The van der Waals surface area contributed by atoms with Gasteiger partial charge in [-0.05, 0) is 30.3 Å². The minimum atomic E-state index is -3.68. The molecule has 0 aliphatic heterocycles. The fraction of sp³-hybridized carbons (Fsp3) is 0.200. The summed E-state index contributed by atoms with van der Waals surface area (Å²) in [5.74, 6) is 0. The summed E-state index contributed by atoms with van der Waals surface area (Å²) in [6, 6.07) is 13.8. The van der Waals surface area contributed by atoms with Crippen LogP contribution < -0.4 is 14.9 Å². The quantitative estimate of drug-likeness (QED) is 0.879. The van der Waals surface area contributed by atoms with Crippen molar-refractivity contribution in [2.45, 2.75) is 4.90 Å². The Hall–Kier alpha value is -2.21. The number of sulfonamides is 1. The highest BCUT2D eigenvalue weighted by atomic mass is 32.2. The Labute approximate surface area is 125 Å². The van der Waals surface area contributed by atoms with Crippen molar-refractivity contribution in [3.05, 3.63) is 48.5 Å². The largest absolute Gasteiger partial charge is 0.399 e. The van der Waals surface area contributed by atoms with Gasteiger partial charge in [-0.15, -0.1) is 0 Å². The van der Waals surface area contributed by atoms with E-state index in [1.165, 1.54) is 17.4 Å². The maximum Gasteiger partial charge on any atom is 0.266 e. The lowest BCUT2D eigenvalue weighted by atomic mass is 10.3. The molecular formula is C15H19N3O2S. The third-order valence-corrected chi connectivity index (χ3v) is 5.04. The number of para-hydroxylation sites is 1. The van der Waals surface area contributed by atoms with Crippen molar-refractivity contribution in [2.24, 2.45) is 0 Å². The van der Waals surface area contributed by atoms with Gasteiger partial charge in [0.15, 0.2) is 0 Å². The molecule has 0 aliphatic carbocycles. The van der Waals surface area contributed by atoms with E-state index < -0.39 is 10.0 Å². The van der Waals surface area contributed by atoms with Crippen molar-refractivity contribution in [1.82, 2.24) is 0 Å². The molecule has 0 heterocycles. The van der Waals surface area contributed by atoms with Crippen LogP contribution in [0.4, 0.5) is 17.1 Å². The summed E-state index contributed by atoms with van der Waals surface area (Å²) in [5, 5.41) is 0. The lowest BCUT2D eigenvalue weighted by Crippen LogP contribution is -2.28. The van der Waals surface area contributed by atoms with Gasteiger partial charge in [0.1, 0.15) is 4.90 Å². The zero-order chi connectivity index (χ0) is 15.6. The highest BCUT2D eigenvalue weighted by Crippen LogP contribution is 2.30. The smallest absolute Gasteiger partial charge is 0.266 e. The standard InChI is InChI=1S/C15H19N3O2S/c1-17(2)14-10-9-12(16)11-15(14)21(19,20)18(3)13-7-5-4-6-8-13/h4-11H,16H2,1-3H3. The average molecular weight is 305 g/mol. The maximum atomic E-state index is 12.9. The Kier molecular flexibility index (Phi) is 4.09. The van der Waals surface area contributed by atoms with Crippen molar-refractivity contribution >= 4 is 27.1 Å². The van der Waals surface area contributed by atoms with Crippen molar-refractivity contribution in [1.29, 1.82) is 0 Å². The van der Waals surface area contributed by atoms with E-state index >= 15 is 0 Å². The molecule has 0 bridgehead atoms. The molecule has 0 saturated carbocycles. The number of hydrogen-bond donors (Lipinski definition) is 1. The molecule has 5 nitrogen and oxygen atoms in total. The van der Waals surface area contributed by atoms with Gasteiger partial charge in [0.05, 0.1) is 11.4 Å². The van der Waals surface area contributed by atoms with E-state index in [1.54, 1.807) is 55.4 Å². The van der Waals surface area contributed by atoms with E-state index in [2.05, 4.69) is 0 Å². The van der Waals surface area contributed by atoms with Gasteiger partial charge in [-0.2, -0.15) is 0 Å². The van der Waals surface area contributed by atoms with Gasteiger partial charge in [0, 0.05) is 26.8 Å². The van der Waals surface area contributed by atoms with Gasteiger partial charge in [0.25, 0.3) is 10.0 Å². The van der Waals surface area contributed by atoms with Gasteiger partial charge in [0.2, 0.25) is 0 Å². The van der Waals surface area contributed by atoms with Gasteiger partial charge in [-0.1, -0.05) is 18.2 Å². The summed E-state index contributed by atoms with van der Waals surface area (Å²) in [7, 11) is 1.45. The normalized spacial score (nSPS) is 11.2. The summed E-state index contributed by atoms with van der Waals surface area (Å²) in [5.41, 5.74) is 7.38. The van der Waals surface area contributed by atoms with E-state index in [-0.39, 0.29) is 4.90 Å². The number of anilines is 3. The molecule has 0 atom stereocenters. The highest BCUT2D eigenvalue weighted by molar-refractivity contribution is 7.93. The second-order valence-corrected chi connectivity index (χ2v) is 6.87.